The molecule has 2 aromatic carbocycles. The summed E-state index contributed by atoms with van der Waals surface area (Å²) in [6.07, 6.45) is 0. The molecule has 0 radical (unpaired) electrons. The molecule has 0 spiro atoms. The smallest absolute Gasteiger partial charge is 0.173 e. The maximum absolute atomic E-state index is 12.2. The molecule has 1 heterocycles. The number of para-hydroxylation sites is 1. The number of carbonyl (C=O) groups is 1. The lowest BCUT2D eigenvalue weighted by atomic mass is 10.1. The first-order valence-corrected chi connectivity index (χ1v) is 8.92. The molecule has 0 saturated heterocycles. The standard InChI is InChI=1S/C19H15ClN2O2S/c1-24-18-5-3-2-4-15(18)16-10-11-19(22-21-16)25-12-17(23)13-6-8-14(20)9-7-13/h2-11H,12H2,1H3. The second-order valence-electron chi connectivity index (χ2n) is 5.18. The largest absolute Gasteiger partial charge is 0.496 e. The zero-order valence-electron chi connectivity index (χ0n) is 13.5. The highest BCUT2D eigenvalue weighted by atomic mass is 35.5. The molecule has 4 nitrogen and oxygen atoms in total. The molecule has 0 aliphatic rings. The van der Waals surface area contributed by atoms with Crippen LogP contribution in [0.15, 0.2) is 65.7 Å². The Morgan fingerprint density at radius 3 is 2.48 bits per heavy atom. The van der Waals surface area contributed by atoms with Gasteiger partial charge in [0.05, 0.1) is 18.6 Å². The van der Waals surface area contributed by atoms with E-state index < -0.39 is 0 Å². The molecule has 126 valence electrons. The van der Waals surface area contributed by atoms with Crippen LogP contribution in [0.3, 0.4) is 0 Å². The lowest BCUT2D eigenvalue weighted by Gasteiger charge is -2.07. The summed E-state index contributed by atoms with van der Waals surface area (Å²) in [5.41, 5.74) is 2.24. The number of halogens is 1. The predicted octanol–water partition coefficient (Wildman–Crippen LogP) is 4.78. The van der Waals surface area contributed by atoms with Gasteiger partial charge in [0.15, 0.2) is 5.78 Å². The molecule has 3 rings (SSSR count). The maximum atomic E-state index is 12.2. The van der Waals surface area contributed by atoms with Crippen LogP contribution in [0.5, 0.6) is 5.75 Å². The van der Waals surface area contributed by atoms with Crippen LogP contribution in [-0.2, 0) is 0 Å². The zero-order chi connectivity index (χ0) is 17.6. The van der Waals surface area contributed by atoms with Crippen LogP contribution < -0.4 is 4.74 Å². The Bertz CT molecular complexity index is 867. The monoisotopic (exact) mass is 370 g/mol. The van der Waals surface area contributed by atoms with E-state index in [9.17, 15) is 4.79 Å². The molecule has 0 unspecified atom stereocenters. The summed E-state index contributed by atoms with van der Waals surface area (Å²) >= 11 is 7.19. The van der Waals surface area contributed by atoms with Gasteiger partial charge in [-0.1, -0.05) is 35.5 Å². The van der Waals surface area contributed by atoms with E-state index in [1.54, 1.807) is 31.4 Å². The third-order valence-corrected chi connectivity index (χ3v) is 4.71. The van der Waals surface area contributed by atoms with Crippen molar-refractivity contribution in [2.75, 3.05) is 12.9 Å². The minimum absolute atomic E-state index is 0.0253. The van der Waals surface area contributed by atoms with Crippen molar-refractivity contribution >= 4 is 29.1 Å². The molecule has 3 aromatic rings. The molecule has 0 atom stereocenters. The number of Topliss-reactive ketones (excluding diaryl/α,β-unsaturated/α-hetero) is 1. The molecule has 0 saturated carbocycles. The summed E-state index contributed by atoms with van der Waals surface area (Å²) < 4.78 is 5.34. The molecule has 25 heavy (non-hydrogen) atoms. The van der Waals surface area contributed by atoms with Crippen molar-refractivity contribution < 1.29 is 9.53 Å². The Morgan fingerprint density at radius 1 is 1.04 bits per heavy atom. The Balaban J connectivity index is 1.67. The Morgan fingerprint density at radius 2 is 1.80 bits per heavy atom. The van der Waals surface area contributed by atoms with Gasteiger partial charge in [-0.2, -0.15) is 0 Å². The second-order valence-corrected chi connectivity index (χ2v) is 6.61. The second kappa shape index (κ2) is 8.14. The number of carbonyl (C=O) groups excluding carboxylic acids is 1. The predicted molar refractivity (Wildman–Crippen MR) is 101 cm³/mol. The van der Waals surface area contributed by atoms with Gasteiger partial charge >= 0.3 is 0 Å². The maximum Gasteiger partial charge on any atom is 0.173 e. The molecule has 6 heteroatoms. The molecule has 0 amide bonds. The number of hydrogen-bond acceptors (Lipinski definition) is 5. The molecule has 0 N–H and O–H groups in total. The van der Waals surface area contributed by atoms with Crippen molar-refractivity contribution in [3.05, 3.63) is 71.2 Å². The van der Waals surface area contributed by atoms with Crippen LogP contribution in [0.25, 0.3) is 11.3 Å². The minimum Gasteiger partial charge on any atom is -0.496 e. The van der Waals surface area contributed by atoms with Gasteiger partial charge in [-0.3, -0.25) is 4.79 Å². The van der Waals surface area contributed by atoms with Gasteiger partial charge in [0.2, 0.25) is 0 Å². The summed E-state index contributed by atoms with van der Waals surface area (Å²) in [6.45, 7) is 0. The van der Waals surface area contributed by atoms with Crippen LogP contribution in [0.2, 0.25) is 5.02 Å². The van der Waals surface area contributed by atoms with E-state index in [2.05, 4.69) is 10.2 Å². The fourth-order valence-corrected chi connectivity index (χ4v) is 3.09. The molecule has 0 aliphatic carbocycles. The number of aromatic nitrogens is 2. The highest BCUT2D eigenvalue weighted by Gasteiger charge is 2.10. The van der Waals surface area contributed by atoms with Gasteiger partial charge in [0.1, 0.15) is 10.8 Å². The number of methoxy groups -OCH3 is 1. The first-order valence-electron chi connectivity index (χ1n) is 7.56. The molecule has 0 fully saturated rings. The Kier molecular flexibility index (Phi) is 5.68. The summed E-state index contributed by atoms with van der Waals surface area (Å²) in [4.78, 5) is 12.2. The molecule has 1 aromatic heterocycles. The van der Waals surface area contributed by atoms with Crippen molar-refractivity contribution in [3.8, 4) is 17.0 Å². The SMILES string of the molecule is COc1ccccc1-c1ccc(SCC(=O)c2ccc(Cl)cc2)nn1. The van der Waals surface area contributed by atoms with Gasteiger partial charge in [0.25, 0.3) is 0 Å². The van der Waals surface area contributed by atoms with Gasteiger partial charge in [-0.25, -0.2) is 0 Å². The van der Waals surface area contributed by atoms with Gasteiger partial charge in [-0.15, -0.1) is 10.2 Å². The quantitative estimate of drug-likeness (QED) is 0.461. The number of thioether (sulfide) groups is 1. The summed E-state index contributed by atoms with van der Waals surface area (Å²) in [5.74, 6) is 1.07. The van der Waals surface area contributed by atoms with E-state index >= 15 is 0 Å². The highest BCUT2D eigenvalue weighted by molar-refractivity contribution is 7.99. The number of nitrogens with zero attached hydrogens (tertiary/aromatic N) is 2. The van der Waals surface area contributed by atoms with E-state index in [4.69, 9.17) is 16.3 Å². The third kappa shape index (κ3) is 4.38. The average molecular weight is 371 g/mol. The Hall–Kier alpha value is -2.37. The van der Waals surface area contributed by atoms with Gasteiger partial charge < -0.3 is 4.74 Å². The number of ketones is 1. The highest BCUT2D eigenvalue weighted by Crippen LogP contribution is 2.28. The first kappa shape index (κ1) is 17.5. The van der Waals surface area contributed by atoms with E-state index in [1.165, 1.54) is 11.8 Å². The molecular weight excluding hydrogens is 356 g/mol. The third-order valence-electron chi connectivity index (χ3n) is 3.54. The van der Waals surface area contributed by atoms with Crippen LogP contribution >= 0.6 is 23.4 Å². The fourth-order valence-electron chi connectivity index (χ4n) is 2.26. The van der Waals surface area contributed by atoms with Crippen molar-refractivity contribution in [2.45, 2.75) is 5.03 Å². The lowest BCUT2D eigenvalue weighted by Crippen LogP contribution is -2.02. The lowest BCUT2D eigenvalue weighted by molar-refractivity contribution is 0.102. The van der Waals surface area contributed by atoms with E-state index in [-0.39, 0.29) is 5.78 Å². The fraction of sp³-hybridized carbons (Fsp3) is 0.105. The number of hydrogen-bond donors (Lipinski definition) is 0. The van der Waals surface area contributed by atoms with E-state index in [1.807, 2.05) is 36.4 Å². The van der Waals surface area contributed by atoms with Crippen LogP contribution in [-0.4, -0.2) is 28.8 Å². The number of benzene rings is 2. The van der Waals surface area contributed by atoms with Crippen LogP contribution in [0.4, 0.5) is 0 Å². The van der Waals surface area contributed by atoms with E-state index in [0.717, 1.165) is 17.0 Å². The number of ether oxygens (including phenoxy) is 1. The zero-order valence-corrected chi connectivity index (χ0v) is 15.1. The van der Waals surface area contributed by atoms with Gasteiger partial charge in [-0.05, 0) is 48.5 Å². The number of rotatable bonds is 6. The summed E-state index contributed by atoms with van der Waals surface area (Å²) in [6, 6.07) is 18.2. The van der Waals surface area contributed by atoms with Crippen molar-refractivity contribution in [3.63, 3.8) is 0 Å². The van der Waals surface area contributed by atoms with E-state index in [0.29, 0.717) is 21.4 Å². The van der Waals surface area contributed by atoms with Gasteiger partial charge in [0, 0.05) is 16.1 Å². The summed E-state index contributed by atoms with van der Waals surface area (Å²) in [5, 5.41) is 9.74. The molecule has 0 aliphatic heterocycles. The molecule has 0 bridgehead atoms. The minimum atomic E-state index is 0.0253. The van der Waals surface area contributed by atoms with Crippen molar-refractivity contribution in [1.82, 2.24) is 10.2 Å². The Labute approximate surface area is 155 Å². The molecular formula is C19H15ClN2O2S. The van der Waals surface area contributed by atoms with Crippen molar-refractivity contribution in [1.29, 1.82) is 0 Å². The van der Waals surface area contributed by atoms with Crippen LogP contribution in [0, 0.1) is 0 Å². The van der Waals surface area contributed by atoms with Crippen LogP contribution in [0.1, 0.15) is 10.4 Å². The normalized spacial score (nSPS) is 10.5. The first-order chi connectivity index (χ1) is 12.2. The average Bonchev–Trinajstić information content (AvgIpc) is 2.67. The van der Waals surface area contributed by atoms with Crippen molar-refractivity contribution in [2.24, 2.45) is 0 Å². The topological polar surface area (TPSA) is 52.1 Å². The summed E-state index contributed by atoms with van der Waals surface area (Å²) in [7, 11) is 1.62.